The second-order valence-corrected chi connectivity index (χ2v) is 6.65. The van der Waals surface area contributed by atoms with Crippen molar-refractivity contribution in [3.05, 3.63) is 35.0 Å². The van der Waals surface area contributed by atoms with Gasteiger partial charge < -0.3 is 20.3 Å². The van der Waals surface area contributed by atoms with Crippen LogP contribution in [0.25, 0.3) is 10.9 Å². The number of carboxylic acid groups (broad SMARTS) is 1. The Labute approximate surface area is 139 Å². The van der Waals surface area contributed by atoms with Crippen LogP contribution in [0, 0.1) is 0 Å². The van der Waals surface area contributed by atoms with Gasteiger partial charge in [-0.2, -0.15) is 0 Å². The summed E-state index contributed by atoms with van der Waals surface area (Å²) in [5.41, 5.74) is 4.37. The van der Waals surface area contributed by atoms with Crippen LogP contribution in [0.1, 0.15) is 34.5 Å². The third-order valence-corrected chi connectivity index (χ3v) is 5.11. The Morgan fingerprint density at radius 3 is 2.88 bits per heavy atom. The molecule has 4 rings (SSSR count). The minimum atomic E-state index is -0.914. The number of aliphatic carboxylic acids is 1. The van der Waals surface area contributed by atoms with Crippen LogP contribution in [0.4, 0.5) is 0 Å². The fourth-order valence-electron chi connectivity index (χ4n) is 3.82. The van der Waals surface area contributed by atoms with Crippen LogP contribution >= 0.6 is 0 Å². The van der Waals surface area contributed by atoms with Crippen molar-refractivity contribution in [2.45, 2.75) is 31.7 Å². The van der Waals surface area contributed by atoms with Crippen molar-refractivity contribution in [2.24, 2.45) is 0 Å². The van der Waals surface area contributed by atoms with E-state index in [1.807, 2.05) is 18.2 Å². The van der Waals surface area contributed by atoms with Crippen molar-refractivity contribution in [3.63, 3.8) is 0 Å². The Bertz CT molecular complexity index is 811. The van der Waals surface area contributed by atoms with Crippen LogP contribution in [-0.4, -0.2) is 52.5 Å². The van der Waals surface area contributed by atoms with E-state index < -0.39 is 12.0 Å². The van der Waals surface area contributed by atoms with Crippen molar-refractivity contribution in [3.8, 4) is 0 Å². The molecular weight excluding hydrogens is 306 g/mol. The molecule has 2 aliphatic rings. The number of nitrogens with one attached hydrogen (secondary N) is 2. The average Bonchev–Trinajstić information content (AvgIpc) is 2.99. The van der Waals surface area contributed by atoms with Crippen LogP contribution < -0.4 is 5.32 Å². The van der Waals surface area contributed by atoms with E-state index >= 15 is 0 Å². The summed E-state index contributed by atoms with van der Waals surface area (Å²) in [5, 5.41) is 13.2. The van der Waals surface area contributed by atoms with E-state index in [0.29, 0.717) is 18.7 Å². The number of hydrogen-bond donors (Lipinski definition) is 3. The normalized spacial score (nSPS) is 20.8. The number of rotatable bonds is 2. The number of aryl methyl sites for hydroxylation is 2. The number of carboxylic acids is 1. The van der Waals surface area contributed by atoms with E-state index in [-0.39, 0.29) is 12.5 Å². The number of benzene rings is 1. The van der Waals surface area contributed by atoms with Crippen LogP contribution in [0.15, 0.2) is 18.2 Å². The summed E-state index contributed by atoms with van der Waals surface area (Å²) in [7, 11) is 0. The molecule has 1 aliphatic carbocycles. The zero-order valence-corrected chi connectivity index (χ0v) is 13.5. The number of piperazine rings is 1. The van der Waals surface area contributed by atoms with Gasteiger partial charge in [0.25, 0.3) is 5.91 Å². The molecule has 1 aliphatic heterocycles. The van der Waals surface area contributed by atoms with Gasteiger partial charge in [0, 0.05) is 41.8 Å². The lowest BCUT2D eigenvalue weighted by Crippen LogP contribution is -2.55. The Balaban J connectivity index is 1.63. The number of hydrogen-bond acceptors (Lipinski definition) is 3. The van der Waals surface area contributed by atoms with Gasteiger partial charge in [-0.3, -0.25) is 9.59 Å². The lowest BCUT2D eigenvalue weighted by atomic mass is 9.95. The molecule has 0 radical (unpaired) electrons. The van der Waals surface area contributed by atoms with Gasteiger partial charge in [-0.05, 0) is 49.4 Å². The van der Waals surface area contributed by atoms with Gasteiger partial charge in [0.1, 0.15) is 6.04 Å². The number of fused-ring (bicyclic) bond motifs is 3. The summed E-state index contributed by atoms with van der Waals surface area (Å²) in [5.74, 6) is -1.00. The molecule has 1 amide bonds. The summed E-state index contributed by atoms with van der Waals surface area (Å²) in [4.78, 5) is 29.1. The first-order valence-electron chi connectivity index (χ1n) is 8.52. The van der Waals surface area contributed by atoms with Crippen molar-refractivity contribution in [2.75, 3.05) is 19.6 Å². The number of aromatic amines is 1. The smallest absolute Gasteiger partial charge is 0.322 e. The number of H-pyrrole nitrogens is 1. The minimum Gasteiger partial charge on any atom is -0.480 e. The fourth-order valence-corrected chi connectivity index (χ4v) is 3.82. The molecule has 1 saturated heterocycles. The fraction of sp³-hybridized carbons (Fsp3) is 0.444. The highest BCUT2D eigenvalue weighted by atomic mass is 16.4. The molecular formula is C18H21N3O3. The maximum absolute atomic E-state index is 12.8. The minimum absolute atomic E-state index is 0.0876. The number of nitrogens with zero attached hydrogens (tertiary/aromatic N) is 1. The second-order valence-electron chi connectivity index (χ2n) is 6.65. The maximum Gasteiger partial charge on any atom is 0.322 e. The molecule has 6 nitrogen and oxygen atoms in total. The van der Waals surface area contributed by atoms with Gasteiger partial charge in [-0.1, -0.05) is 0 Å². The average molecular weight is 327 g/mol. The van der Waals surface area contributed by atoms with E-state index in [2.05, 4.69) is 10.3 Å². The Hall–Kier alpha value is -2.34. The molecule has 3 N–H and O–H groups in total. The Morgan fingerprint density at radius 1 is 1.21 bits per heavy atom. The summed E-state index contributed by atoms with van der Waals surface area (Å²) in [6.45, 7) is 1.24. The standard InChI is InChI=1S/C18H21N3O3/c22-17(21-8-7-19-16(10-21)18(23)24)11-5-6-15-13(9-11)12-3-1-2-4-14(12)20-15/h5-6,9,16,19-20H,1-4,7-8,10H2,(H,23,24)/t16-/m1/s1. The number of aromatic nitrogens is 1. The molecule has 24 heavy (non-hydrogen) atoms. The molecule has 2 aromatic rings. The highest BCUT2D eigenvalue weighted by molar-refractivity contribution is 5.99. The molecule has 0 unspecified atom stereocenters. The molecule has 6 heteroatoms. The van der Waals surface area contributed by atoms with Crippen LogP contribution in [0.2, 0.25) is 0 Å². The summed E-state index contributed by atoms with van der Waals surface area (Å²) in [6.07, 6.45) is 4.53. The quantitative estimate of drug-likeness (QED) is 0.781. The third-order valence-electron chi connectivity index (χ3n) is 5.11. The van der Waals surface area contributed by atoms with E-state index in [4.69, 9.17) is 5.11 Å². The Morgan fingerprint density at radius 2 is 2.04 bits per heavy atom. The topological polar surface area (TPSA) is 85.4 Å². The predicted molar refractivity (Wildman–Crippen MR) is 90.3 cm³/mol. The third kappa shape index (κ3) is 2.57. The van der Waals surface area contributed by atoms with Gasteiger partial charge in [0.15, 0.2) is 0 Å². The molecule has 0 saturated carbocycles. The number of amides is 1. The zero-order chi connectivity index (χ0) is 16.7. The zero-order valence-electron chi connectivity index (χ0n) is 13.5. The van der Waals surface area contributed by atoms with Crippen molar-refractivity contribution >= 4 is 22.8 Å². The number of carbonyl (C=O) groups is 2. The van der Waals surface area contributed by atoms with Gasteiger partial charge in [0.05, 0.1) is 0 Å². The summed E-state index contributed by atoms with van der Waals surface area (Å²) in [6, 6.07) is 5.09. The monoisotopic (exact) mass is 327 g/mol. The van der Waals surface area contributed by atoms with Gasteiger partial charge in [0.2, 0.25) is 0 Å². The van der Waals surface area contributed by atoms with E-state index in [1.54, 1.807) is 4.90 Å². The highest BCUT2D eigenvalue weighted by Gasteiger charge is 2.28. The predicted octanol–water partition coefficient (Wildman–Crippen LogP) is 1.55. The summed E-state index contributed by atoms with van der Waals surface area (Å²) >= 11 is 0. The first-order valence-corrected chi connectivity index (χ1v) is 8.52. The molecule has 1 atom stereocenters. The molecule has 1 fully saturated rings. The SMILES string of the molecule is O=C(O)[C@H]1CN(C(=O)c2ccc3[nH]c4c(c3c2)CCCC4)CCN1. The molecule has 1 aromatic carbocycles. The van der Waals surface area contributed by atoms with Crippen LogP contribution in [0.3, 0.4) is 0 Å². The van der Waals surface area contributed by atoms with Crippen molar-refractivity contribution in [1.82, 2.24) is 15.2 Å². The maximum atomic E-state index is 12.8. The van der Waals surface area contributed by atoms with E-state index in [0.717, 1.165) is 23.7 Å². The molecule has 126 valence electrons. The summed E-state index contributed by atoms with van der Waals surface area (Å²) < 4.78 is 0. The molecule has 0 bridgehead atoms. The highest BCUT2D eigenvalue weighted by Crippen LogP contribution is 2.30. The first kappa shape index (κ1) is 15.2. The van der Waals surface area contributed by atoms with Gasteiger partial charge >= 0.3 is 5.97 Å². The van der Waals surface area contributed by atoms with Crippen molar-refractivity contribution < 1.29 is 14.7 Å². The van der Waals surface area contributed by atoms with Gasteiger partial charge in [-0.15, -0.1) is 0 Å². The van der Waals surface area contributed by atoms with Crippen LogP contribution in [0.5, 0.6) is 0 Å². The Kier molecular flexibility index (Phi) is 3.76. The first-order chi connectivity index (χ1) is 11.6. The van der Waals surface area contributed by atoms with Gasteiger partial charge in [-0.25, -0.2) is 0 Å². The molecule has 2 heterocycles. The van der Waals surface area contributed by atoms with Crippen LogP contribution in [-0.2, 0) is 17.6 Å². The molecule has 1 aromatic heterocycles. The largest absolute Gasteiger partial charge is 0.480 e. The lowest BCUT2D eigenvalue weighted by Gasteiger charge is -2.31. The van der Waals surface area contributed by atoms with E-state index in [1.165, 1.54) is 24.1 Å². The van der Waals surface area contributed by atoms with E-state index in [9.17, 15) is 9.59 Å². The molecule has 0 spiro atoms. The lowest BCUT2D eigenvalue weighted by molar-refractivity contribution is -0.140. The second kappa shape index (κ2) is 5.94. The van der Waals surface area contributed by atoms with Crippen molar-refractivity contribution in [1.29, 1.82) is 0 Å². The number of carbonyl (C=O) groups excluding carboxylic acids is 1.